The number of aliphatic hydroxyl groups is 1. The van der Waals surface area contributed by atoms with E-state index in [0.717, 1.165) is 63.5 Å². The van der Waals surface area contributed by atoms with E-state index in [4.69, 9.17) is 0 Å². The highest BCUT2D eigenvalue weighted by atomic mass is 16.3. The molecule has 1 fully saturated rings. The zero-order valence-electron chi connectivity index (χ0n) is 22.5. The van der Waals surface area contributed by atoms with Gasteiger partial charge in [-0.25, -0.2) is 0 Å². The second-order valence-corrected chi connectivity index (χ2v) is 11.9. The van der Waals surface area contributed by atoms with Gasteiger partial charge in [0.05, 0.1) is 6.10 Å². The van der Waals surface area contributed by atoms with Gasteiger partial charge in [0.2, 0.25) is 0 Å². The molecule has 0 aromatic heterocycles. The van der Waals surface area contributed by atoms with Gasteiger partial charge >= 0.3 is 0 Å². The predicted molar refractivity (Wildman–Crippen MR) is 150 cm³/mol. The maximum atomic E-state index is 13.4. The number of benzene rings is 2. The largest absolute Gasteiger partial charge is 0.393 e. The molecule has 1 heterocycles. The Labute approximate surface area is 226 Å². The lowest BCUT2D eigenvalue weighted by Crippen LogP contribution is -2.35. The summed E-state index contributed by atoms with van der Waals surface area (Å²) >= 11 is 0. The van der Waals surface area contributed by atoms with Crippen LogP contribution in [0.25, 0.3) is 0 Å². The Kier molecular flexibility index (Phi) is 7.09. The lowest BCUT2D eigenvalue weighted by atomic mass is 9.67. The second-order valence-electron chi connectivity index (χ2n) is 11.9. The lowest BCUT2D eigenvalue weighted by molar-refractivity contribution is -0.114. The number of fused-ring (bicyclic) bond motifs is 3. The van der Waals surface area contributed by atoms with Gasteiger partial charge in [0, 0.05) is 31.0 Å². The van der Waals surface area contributed by atoms with Crippen LogP contribution in [-0.2, 0) is 17.8 Å². The number of rotatable bonds is 2. The number of allylic oxidation sites excluding steroid dienone is 4. The third-order valence-corrected chi connectivity index (χ3v) is 9.56. The van der Waals surface area contributed by atoms with Crippen LogP contribution in [0.3, 0.4) is 0 Å². The first kappa shape index (κ1) is 25.3. The normalized spacial score (nSPS) is 27.8. The highest BCUT2D eigenvalue weighted by Gasteiger charge is 2.36. The fourth-order valence-corrected chi connectivity index (χ4v) is 7.38. The van der Waals surface area contributed by atoms with E-state index in [1.807, 2.05) is 29.2 Å². The van der Waals surface area contributed by atoms with Crippen molar-refractivity contribution in [2.24, 2.45) is 11.8 Å². The summed E-state index contributed by atoms with van der Waals surface area (Å²) in [5.74, 6) is 1.27. The van der Waals surface area contributed by atoms with Crippen molar-refractivity contribution in [2.75, 3.05) is 6.54 Å². The van der Waals surface area contributed by atoms with Crippen LogP contribution in [0.2, 0.25) is 0 Å². The molecule has 1 aliphatic heterocycles. The van der Waals surface area contributed by atoms with Crippen molar-refractivity contribution in [2.45, 2.75) is 83.3 Å². The standard InChI is InChI=1S/C34H39NO3/c1-22-19-31(33-25(7-4-8-32(22)37)11-14-27-20-29(36)15-16-30(27)33)24-9-12-26(13-10-24)34(38)35-18-17-23-5-2-3-6-28(23)21-35/h2-3,5-6,9-10,12-13,20,22,25,31-32,37H,4,7-8,11,14-19,21H2,1H3. The van der Waals surface area contributed by atoms with Crippen molar-refractivity contribution < 1.29 is 14.7 Å². The minimum absolute atomic E-state index is 0.0953. The van der Waals surface area contributed by atoms with Gasteiger partial charge in [0.1, 0.15) is 0 Å². The third kappa shape index (κ3) is 4.91. The van der Waals surface area contributed by atoms with Crippen LogP contribution in [0, 0.1) is 11.8 Å². The van der Waals surface area contributed by atoms with Crippen LogP contribution in [-0.4, -0.2) is 34.3 Å². The molecule has 0 radical (unpaired) electrons. The first-order valence-electron chi connectivity index (χ1n) is 14.6. The predicted octanol–water partition coefficient (Wildman–Crippen LogP) is 6.54. The molecule has 4 aliphatic rings. The van der Waals surface area contributed by atoms with E-state index < -0.39 is 0 Å². The van der Waals surface area contributed by atoms with E-state index in [9.17, 15) is 14.7 Å². The maximum Gasteiger partial charge on any atom is 0.254 e. The van der Waals surface area contributed by atoms with E-state index in [0.29, 0.717) is 18.9 Å². The Morgan fingerprint density at radius 3 is 2.53 bits per heavy atom. The van der Waals surface area contributed by atoms with Gasteiger partial charge < -0.3 is 10.0 Å². The highest BCUT2D eigenvalue weighted by Crippen LogP contribution is 2.49. The highest BCUT2D eigenvalue weighted by molar-refractivity contribution is 5.94. The summed E-state index contributed by atoms with van der Waals surface area (Å²) in [6.45, 7) is 3.60. The van der Waals surface area contributed by atoms with Gasteiger partial charge in [0.25, 0.3) is 5.91 Å². The second kappa shape index (κ2) is 10.6. The van der Waals surface area contributed by atoms with E-state index in [1.165, 1.54) is 33.4 Å². The number of nitrogens with zero attached hydrogens (tertiary/aromatic N) is 1. The first-order valence-corrected chi connectivity index (χ1v) is 14.6. The molecule has 1 saturated carbocycles. The molecule has 2 aromatic carbocycles. The van der Waals surface area contributed by atoms with E-state index in [-0.39, 0.29) is 29.6 Å². The molecule has 2 aromatic rings. The fraction of sp³-hybridized carbons (Fsp3) is 0.471. The Hall–Kier alpha value is -2.98. The third-order valence-electron chi connectivity index (χ3n) is 9.56. The SMILES string of the molecule is CC1CC(c2ccc(C(=O)N3CCc4ccccc4C3)cc2)C2=C3CCC(=O)C=C3CCC2CCCC1O. The van der Waals surface area contributed by atoms with Gasteiger partial charge in [-0.1, -0.05) is 55.3 Å². The summed E-state index contributed by atoms with van der Waals surface area (Å²) in [5, 5.41) is 10.9. The van der Waals surface area contributed by atoms with Gasteiger partial charge in [0.15, 0.2) is 5.78 Å². The Morgan fingerprint density at radius 1 is 0.921 bits per heavy atom. The average Bonchev–Trinajstić information content (AvgIpc) is 3.00. The van der Waals surface area contributed by atoms with Crippen molar-refractivity contribution in [1.29, 1.82) is 0 Å². The zero-order valence-corrected chi connectivity index (χ0v) is 22.5. The fourth-order valence-electron chi connectivity index (χ4n) is 7.38. The monoisotopic (exact) mass is 509 g/mol. The molecule has 1 amide bonds. The number of ketones is 1. The number of hydrogen-bond donors (Lipinski definition) is 1. The van der Waals surface area contributed by atoms with Crippen molar-refractivity contribution in [3.05, 3.63) is 93.6 Å². The number of amides is 1. The molecule has 0 spiro atoms. The van der Waals surface area contributed by atoms with Crippen LogP contribution in [0.1, 0.15) is 91.3 Å². The Morgan fingerprint density at radius 2 is 1.71 bits per heavy atom. The summed E-state index contributed by atoms with van der Waals surface area (Å²) < 4.78 is 0. The van der Waals surface area contributed by atoms with Crippen LogP contribution >= 0.6 is 0 Å². The molecular formula is C34H39NO3. The summed E-state index contributed by atoms with van der Waals surface area (Å²) in [5.41, 5.74) is 8.75. The molecule has 0 bridgehead atoms. The van der Waals surface area contributed by atoms with Crippen molar-refractivity contribution >= 4 is 11.7 Å². The van der Waals surface area contributed by atoms with Gasteiger partial charge in [-0.2, -0.15) is 0 Å². The molecule has 4 atom stereocenters. The van der Waals surface area contributed by atoms with Gasteiger partial charge in [-0.15, -0.1) is 0 Å². The Bertz CT molecular complexity index is 1290. The summed E-state index contributed by atoms with van der Waals surface area (Å²) in [7, 11) is 0. The van der Waals surface area contributed by atoms with Gasteiger partial charge in [-0.05, 0) is 103 Å². The number of hydrogen-bond acceptors (Lipinski definition) is 3. The topological polar surface area (TPSA) is 57.6 Å². The van der Waals surface area contributed by atoms with Gasteiger partial charge in [-0.3, -0.25) is 9.59 Å². The average molecular weight is 510 g/mol. The summed E-state index contributed by atoms with van der Waals surface area (Å²) in [4.78, 5) is 27.6. The van der Waals surface area contributed by atoms with E-state index in [2.05, 4.69) is 37.3 Å². The van der Waals surface area contributed by atoms with Crippen LogP contribution in [0.5, 0.6) is 0 Å². The van der Waals surface area contributed by atoms with Crippen LogP contribution in [0.15, 0.2) is 71.3 Å². The first-order chi connectivity index (χ1) is 18.5. The van der Waals surface area contributed by atoms with E-state index >= 15 is 0 Å². The smallest absolute Gasteiger partial charge is 0.254 e. The molecular weight excluding hydrogens is 470 g/mol. The van der Waals surface area contributed by atoms with Crippen LogP contribution < -0.4 is 0 Å². The summed E-state index contributed by atoms with van der Waals surface area (Å²) in [6, 6.07) is 16.7. The lowest BCUT2D eigenvalue weighted by Gasteiger charge is -2.37. The number of carbonyl (C=O) groups is 2. The van der Waals surface area contributed by atoms with Crippen molar-refractivity contribution in [3.8, 4) is 0 Å². The molecule has 6 rings (SSSR count). The molecule has 4 heteroatoms. The van der Waals surface area contributed by atoms with E-state index in [1.54, 1.807) is 0 Å². The summed E-state index contributed by atoms with van der Waals surface area (Å²) in [6.07, 6.45) is 9.96. The zero-order chi connectivity index (χ0) is 26.2. The molecule has 4 nitrogen and oxygen atoms in total. The number of aliphatic hydroxyl groups excluding tert-OH is 1. The Balaban J connectivity index is 1.32. The van der Waals surface area contributed by atoms with Crippen LogP contribution in [0.4, 0.5) is 0 Å². The molecule has 1 N–H and O–H groups in total. The molecule has 198 valence electrons. The minimum atomic E-state index is -0.283. The van der Waals surface area contributed by atoms with Crippen molar-refractivity contribution in [3.63, 3.8) is 0 Å². The molecule has 4 unspecified atom stereocenters. The number of carbonyl (C=O) groups excluding carboxylic acids is 2. The molecule has 38 heavy (non-hydrogen) atoms. The quantitative estimate of drug-likeness (QED) is 0.500. The molecule has 0 saturated heterocycles. The molecule has 3 aliphatic carbocycles. The van der Waals surface area contributed by atoms with Crippen molar-refractivity contribution in [1.82, 2.24) is 4.90 Å². The minimum Gasteiger partial charge on any atom is -0.393 e. The maximum absolute atomic E-state index is 13.4.